The largest absolute Gasteiger partial charge is 0.491 e. The number of nitrogens with zero attached hydrogens (tertiary/aromatic N) is 1. The van der Waals surface area contributed by atoms with Crippen molar-refractivity contribution in [2.75, 3.05) is 39.6 Å². The number of benzene rings is 3. The smallest absolute Gasteiger partial charge is 0.270 e. The number of nitrogens with one attached hydrogen (secondary N) is 2. The summed E-state index contributed by atoms with van der Waals surface area (Å²) in [5.41, 5.74) is 10.9. The number of ketones is 2. The number of rotatable bonds is 23. The van der Waals surface area contributed by atoms with Crippen molar-refractivity contribution in [1.29, 1.82) is 0 Å². The Morgan fingerprint density at radius 3 is 1.56 bits per heavy atom. The van der Waals surface area contributed by atoms with E-state index in [1.807, 2.05) is 0 Å². The molecular weight excluding hydrogens is 788 g/mol. The van der Waals surface area contributed by atoms with E-state index in [1.54, 1.807) is 12.1 Å². The average molecular weight is 834 g/mol. The molecule has 18 heteroatoms. The zero-order valence-electron chi connectivity index (χ0n) is 31.9. The fraction of sp³-hybridized carbons (Fsp3) is 0.341. The van der Waals surface area contributed by atoms with Gasteiger partial charge in [0.2, 0.25) is 5.95 Å². The summed E-state index contributed by atoms with van der Waals surface area (Å²) < 4.78 is 95.3. The molecule has 59 heavy (non-hydrogen) atoms. The number of ether oxygens (including phenoxy) is 3. The summed E-state index contributed by atoms with van der Waals surface area (Å²) in [5.74, 6) is -8.02. The number of carbonyl (C=O) groups excluding carboxylic acids is 4. The quantitative estimate of drug-likeness (QED) is 0.0419. The summed E-state index contributed by atoms with van der Waals surface area (Å²) in [7, 11) is 0. The molecule has 6 N–H and O–H groups in total. The number of hydrogen-bond donors (Lipinski definition) is 4. The van der Waals surface area contributed by atoms with Crippen LogP contribution in [-0.2, 0) is 9.59 Å². The van der Waals surface area contributed by atoms with Crippen molar-refractivity contribution in [3.63, 3.8) is 0 Å². The van der Waals surface area contributed by atoms with Gasteiger partial charge < -0.3 is 36.3 Å². The van der Waals surface area contributed by atoms with Crippen molar-refractivity contribution in [1.82, 2.24) is 15.6 Å². The Labute approximate surface area is 336 Å². The number of hydrogen-bond acceptors (Lipinski definition) is 10. The standard InChI is InChI=1S/C22H25F3N2O4.C19H20F3N3O3/c23-10-12-30-16-6-3-5-15(13-16)22(29)27-19(9-1-2-11-26)20(28)14-31-21-17(24)7-4-8-18(21)25;20-12-5-3-6-13(21)18(12)28-11-16(26)14(7-1-2-10-23)25-19(27)15-8-4-9-17(22)24-15/h3-8,13,19H,1-2,9-12,14,26H2,(H,27,29);3-6,8-9,14H,1-2,7,10-11,23H2,(H,25,27)/t19-;/m0./s1. The maximum Gasteiger partial charge on any atom is 0.270 e. The summed E-state index contributed by atoms with van der Waals surface area (Å²) in [4.78, 5) is 53.4. The van der Waals surface area contributed by atoms with E-state index in [0.29, 0.717) is 44.5 Å². The lowest BCUT2D eigenvalue weighted by atomic mass is 10.0. The van der Waals surface area contributed by atoms with Gasteiger partial charge in [-0.2, -0.15) is 4.39 Å². The molecule has 12 nitrogen and oxygen atoms in total. The van der Waals surface area contributed by atoms with E-state index < -0.39 is 96.1 Å². The number of para-hydroxylation sites is 2. The predicted molar refractivity (Wildman–Crippen MR) is 204 cm³/mol. The molecule has 0 fully saturated rings. The Kier molecular flexibility index (Phi) is 20.4. The van der Waals surface area contributed by atoms with Crippen LogP contribution in [0.1, 0.15) is 59.4 Å². The van der Waals surface area contributed by atoms with Crippen LogP contribution in [0, 0.1) is 29.2 Å². The summed E-state index contributed by atoms with van der Waals surface area (Å²) in [6.07, 6.45) is 2.84. The fourth-order valence-electron chi connectivity index (χ4n) is 5.23. The van der Waals surface area contributed by atoms with Gasteiger partial charge in [0.1, 0.15) is 37.9 Å². The molecular formula is C41H45F6N5O7. The lowest BCUT2D eigenvalue weighted by Gasteiger charge is -2.18. The van der Waals surface area contributed by atoms with Crippen molar-refractivity contribution in [2.24, 2.45) is 11.5 Å². The molecule has 1 unspecified atom stereocenters. The van der Waals surface area contributed by atoms with E-state index in [2.05, 4.69) is 15.6 Å². The van der Waals surface area contributed by atoms with Gasteiger partial charge in [0.15, 0.2) is 46.3 Å². The van der Waals surface area contributed by atoms with E-state index in [4.69, 9.17) is 25.7 Å². The molecule has 0 radical (unpaired) electrons. The molecule has 0 saturated heterocycles. The van der Waals surface area contributed by atoms with E-state index in [-0.39, 0.29) is 30.7 Å². The third kappa shape index (κ3) is 16.0. The summed E-state index contributed by atoms with van der Waals surface area (Å²) in [6.45, 7) is -1.27. The zero-order chi connectivity index (χ0) is 43.2. The highest BCUT2D eigenvalue weighted by atomic mass is 19.2. The number of aromatic nitrogens is 1. The molecule has 4 aromatic rings. The van der Waals surface area contributed by atoms with Crippen LogP contribution < -0.4 is 36.3 Å². The molecule has 2 atom stereocenters. The first-order chi connectivity index (χ1) is 28.4. The molecule has 2 amide bonds. The van der Waals surface area contributed by atoms with Crippen LogP contribution in [0.25, 0.3) is 0 Å². The lowest BCUT2D eigenvalue weighted by Crippen LogP contribution is -2.43. The Hall–Kier alpha value is -6.01. The van der Waals surface area contributed by atoms with Crippen LogP contribution in [0.4, 0.5) is 26.3 Å². The fourth-order valence-corrected chi connectivity index (χ4v) is 5.23. The summed E-state index contributed by atoms with van der Waals surface area (Å²) in [5, 5.41) is 5.07. The number of amides is 2. The maximum absolute atomic E-state index is 13.7. The number of Topliss-reactive ketones (excluding diaryl/α,β-unsaturated/α-hetero) is 2. The second-order valence-electron chi connectivity index (χ2n) is 12.6. The third-order valence-electron chi connectivity index (χ3n) is 8.23. The Morgan fingerprint density at radius 1 is 0.610 bits per heavy atom. The van der Waals surface area contributed by atoms with Gasteiger partial charge in [-0.05, 0) is 106 Å². The molecule has 1 heterocycles. The van der Waals surface area contributed by atoms with E-state index >= 15 is 0 Å². The van der Waals surface area contributed by atoms with Crippen LogP contribution in [0.2, 0.25) is 0 Å². The van der Waals surface area contributed by atoms with Crippen molar-refractivity contribution < 1.29 is 59.7 Å². The molecule has 0 aliphatic carbocycles. The molecule has 0 spiro atoms. The number of pyridine rings is 1. The Morgan fingerprint density at radius 2 is 1.08 bits per heavy atom. The number of halogens is 6. The molecule has 4 rings (SSSR count). The van der Waals surface area contributed by atoms with E-state index in [1.165, 1.54) is 36.4 Å². The normalized spacial score (nSPS) is 11.7. The van der Waals surface area contributed by atoms with E-state index in [9.17, 15) is 45.5 Å². The number of alkyl halides is 1. The van der Waals surface area contributed by atoms with Crippen molar-refractivity contribution in [3.05, 3.63) is 119 Å². The number of nitrogens with two attached hydrogens (primary N) is 2. The first-order valence-corrected chi connectivity index (χ1v) is 18.5. The Balaban J connectivity index is 0.000000317. The van der Waals surface area contributed by atoms with Crippen LogP contribution in [0.15, 0.2) is 78.9 Å². The van der Waals surface area contributed by atoms with Gasteiger partial charge in [-0.15, -0.1) is 0 Å². The molecule has 0 aliphatic heterocycles. The molecule has 0 aliphatic rings. The molecule has 0 bridgehead atoms. The van der Waals surface area contributed by atoms with Gasteiger partial charge in [0.05, 0.1) is 12.1 Å². The topological polar surface area (TPSA) is 185 Å². The van der Waals surface area contributed by atoms with Gasteiger partial charge in [-0.25, -0.2) is 26.9 Å². The first kappa shape index (κ1) is 47.4. The summed E-state index contributed by atoms with van der Waals surface area (Å²) in [6, 6.07) is 14.2. The van der Waals surface area contributed by atoms with Gasteiger partial charge in [-0.3, -0.25) is 19.2 Å². The molecule has 0 saturated carbocycles. The first-order valence-electron chi connectivity index (χ1n) is 18.5. The highest BCUT2D eigenvalue weighted by Crippen LogP contribution is 2.22. The highest BCUT2D eigenvalue weighted by molar-refractivity contribution is 5.98. The molecule has 318 valence electrons. The Bertz CT molecular complexity index is 1950. The highest BCUT2D eigenvalue weighted by Gasteiger charge is 2.25. The number of carbonyl (C=O) groups is 4. The molecule has 1 aromatic heterocycles. The van der Waals surface area contributed by atoms with Crippen LogP contribution >= 0.6 is 0 Å². The van der Waals surface area contributed by atoms with Crippen LogP contribution in [0.3, 0.4) is 0 Å². The maximum atomic E-state index is 13.7. The minimum atomic E-state index is -1.00. The average Bonchev–Trinajstić information content (AvgIpc) is 3.22. The second-order valence-corrected chi connectivity index (χ2v) is 12.6. The van der Waals surface area contributed by atoms with E-state index in [0.717, 1.165) is 30.3 Å². The zero-order valence-corrected chi connectivity index (χ0v) is 31.9. The van der Waals surface area contributed by atoms with Crippen LogP contribution in [0.5, 0.6) is 17.2 Å². The van der Waals surface area contributed by atoms with Crippen molar-refractivity contribution in [2.45, 2.75) is 50.6 Å². The minimum absolute atomic E-state index is 0.144. The van der Waals surface area contributed by atoms with Crippen LogP contribution in [-0.4, -0.2) is 80.0 Å². The second kappa shape index (κ2) is 25.4. The van der Waals surface area contributed by atoms with Gasteiger partial charge >= 0.3 is 0 Å². The van der Waals surface area contributed by atoms with Crippen molar-refractivity contribution in [3.8, 4) is 17.2 Å². The minimum Gasteiger partial charge on any atom is -0.491 e. The SMILES string of the molecule is NCCCCC(NC(=O)c1cccc(F)n1)C(=O)COc1c(F)cccc1F.NCCCC[C@H](NC(=O)c1cccc(OCCF)c1)C(=O)COc1c(F)cccc1F. The molecule has 3 aromatic carbocycles. The lowest BCUT2D eigenvalue weighted by molar-refractivity contribution is -0.123. The third-order valence-corrected chi connectivity index (χ3v) is 8.23. The van der Waals surface area contributed by atoms with Gasteiger partial charge in [0.25, 0.3) is 11.8 Å². The van der Waals surface area contributed by atoms with Crippen molar-refractivity contribution >= 4 is 23.4 Å². The summed E-state index contributed by atoms with van der Waals surface area (Å²) >= 11 is 0. The van der Waals surface area contributed by atoms with Gasteiger partial charge in [0, 0.05) is 5.56 Å². The van der Waals surface area contributed by atoms with Gasteiger partial charge in [-0.1, -0.05) is 24.3 Å². The monoisotopic (exact) mass is 833 g/mol. The number of unbranched alkanes of at least 4 members (excludes halogenated alkanes) is 2. The predicted octanol–water partition coefficient (Wildman–Crippen LogP) is 5.56.